The lowest BCUT2D eigenvalue weighted by molar-refractivity contribution is -0.146. The van der Waals surface area contributed by atoms with E-state index in [1.54, 1.807) is 31.2 Å². The molecule has 2 atom stereocenters. The highest BCUT2D eigenvalue weighted by Crippen LogP contribution is 2.30. The van der Waals surface area contributed by atoms with Crippen LogP contribution in [0, 0.1) is 11.8 Å². The monoisotopic (exact) mass is 407 g/mol. The Morgan fingerprint density at radius 1 is 1.32 bits per heavy atom. The molecular weight excluding hydrogens is 382 g/mol. The molecule has 0 aliphatic carbocycles. The Labute approximate surface area is 165 Å². The molecule has 1 fully saturated rings. The van der Waals surface area contributed by atoms with Crippen molar-refractivity contribution in [2.24, 2.45) is 0 Å². The third kappa shape index (κ3) is 4.65. The molecule has 0 radical (unpaired) electrons. The van der Waals surface area contributed by atoms with Crippen LogP contribution in [0.3, 0.4) is 0 Å². The second-order valence-electron chi connectivity index (χ2n) is 6.75. The SMILES string of the molecule is CCC#Cc1ccc(N2CC(CC(C)(C(=O)OCC)S(C)(=O)=O)OC2=O)cc1. The number of esters is 1. The van der Waals surface area contributed by atoms with Crippen LogP contribution in [0.2, 0.25) is 0 Å². The molecule has 152 valence electrons. The number of sulfone groups is 1. The van der Waals surface area contributed by atoms with Gasteiger partial charge in [0.05, 0.1) is 13.2 Å². The van der Waals surface area contributed by atoms with Gasteiger partial charge in [0.15, 0.2) is 14.6 Å². The zero-order chi connectivity index (χ0) is 20.9. The molecule has 0 saturated carbocycles. The Kier molecular flexibility index (Phi) is 6.73. The van der Waals surface area contributed by atoms with E-state index in [1.807, 2.05) is 6.92 Å². The van der Waals surface area contributed by atoms with E-state index in [0.29, 0.717) is 5.69 Å². The Balaban J connectivity index is 2.18. The first-order valence-corrected chi connectivity index (χ1v) is 11.0. The fourth-order valence-corrected chi connectivity index (χ4v) is 3.71. The molecule has 0 spiro atoms. The molecule has 0 bridgehead atoms. The van der Waals surface area contributed by atoms with Crippen molar-refractivity contribution in [3.63, 3.8) is 0 Å². The van der Waals surface area contributed by atoms with Gasteiger partial charge in [-0.15, -0.1) is 0 Å². The van der Waals surface area contributed by atoms with Crippen LogP contribution in [-0.2, 0) is 24.1 Å². The minimum Gasteiger partial charge on any atom is -0.465 e. The Morgan fingerprint density at radius 3 is 2.50 bits per heavy atom. The molecular formula is C20H25NO6S. The number of amides is 1. The Morgan fingerprint density at radius 2 is 1.96 bits per heavy atom. The van der Waals surface area contributed by atoms with Crippen LogP contribution in [0.5, 0.6) is 0 Å². The predicted molar refractivity (Wildman–Crippen MR) is 106 cm³/mol. The smallest absolute Gasteiger partial charge is 0.414 e. The van der Waals surface area contributed by atoms with Crippen molar-refractivity contribution < 1.29 is 27.5 Å². The molecule has 0 aromatic heterocycles. The summed E-state index contributed by atoms with van der Waals surface area (Å²) in [6.07, 6.45) is 0.219. The number of carbonyl (C=O) groups excluding carboxylic acids is 2. The van der Waals surface area contributed by atoms with Gasteiger partial charge in [-0.05, 0) is 38.1 Å². The summed E-state index contributed by atoms with van der Waals surface area (Å²) >= 11 is 0. The number of ether oxygens (including phenoxy) is 2. The summed E-state index contributed by atoms with van der Waals surface area (Å²) in [5.41, 5.74) is 1.45. The van der Waals surface area contributed by atoms with Crippen LogP contribution in [0.1, 0.15) is 39.2 Å². The fraction of sp³-hybridized carbons (Fsp3) is 0.500. The van der Waals surface area contributed by atoms with Gasteiger partial charge in [0.25, 0.3) is 0 Å². The first-order chi connectivity index (χ1) is 13.1. The molecule has 1 heterocycles. The second-order valence-corrected chi connectivity index (χ2v) is 9.19. The van der Waals surface area contributed by atoms with Gasteiger partial charge in [-0.1, -0.05) is 18.8 Å². The zero-order valence-corrected chi connectivity index (χ0v) is 17.3. The summed E-state index contributed by atoms with van der Waals surface area (Å²) in [5, 5.41) is 0. The Hall–Kier alpha value is -2.53. The van der Waals surface area contributed by atoms with Crippen LogP contribution in [-0.4, -0.2) is 50.7 Å². The van der Waals surface area contributed by atoms with E-state index in [0.717, 1.165) is 18.2 Å². The van der Waals surface area contributed by atoms with Gasteiger partial charge in [0.1, 0.15) is 6.10 Å². The lowest BCUT2D eigenvalue weighted by atomic mass is 10.0. The largest absolute Gasteiger partial charge is 0.465 e. The normalized spacial score (nSPS) is 18.6. The van der Waals surface area contributed by atoms with Crippen molar-refractivity contribution in [2.75, 3.05) is 24.3 Å². The van der Waals surface area contributed by atoms with E-state index in [-0.39, 0.29) is 19.6 Å². The number of benzene rings is 1. The highest BCUT2D eigenvalue weighted by atomic mass is 32.2. The lowest BCUT2D eigenvalue weighted by Crippen LogP contribution is -2.47. The molecule has 1 aliphatic rings. The van der Waals surface area contributed by atoms with Crippen LogP contribution in [0.25, 0.3) is 0 Å². The summed E-state index contributed by atoms with van der Waals surface area (Å²) in [5.74, 6) is 5.13. The standard InChI is InChI=1S/C20H25NO6S/c1-5-7-8-15-9-11-16(12-10-15)21-14-17(27-19(21)23)13-20(3,28(4,24)25)18(22)26-6-2/h9-12,17H,5-6,13-14H2,1-4H3. The summed E-state index contributed by atoms with van der Waals surface area (Å²) in [6.45, 7) is 5.07. The maximum absolute atomic E-state index is 12.3. The first-order valence-electron chi connectivity index (χ1n) is 9.06. The minimum absolute atomic E-state index is 0.0633. The van der Waals surface area contributed by atoms with Gasteiger partial charge >= 0.3 is 12.1 Å². The molecule has 1 saturated heterocycles. The average Bonchev–Trinajstić information content (AvgIpc) is 2.99. The molecule has 0 N–H and O–H groups in total. The lowest BCUT2D eigenvalue weighted by Gasteiger charge is -2.27. The van der Waals surface area contributed by atoms with Crippen molar-refractivity contribution >= 4 is 27.6 Å². The van der Waals surface area contributed by atoms with Crippen molar-refractivity contribution in [1.29, 1.82) is 0 Å². The number of hydrogen-bond acceptors (Lipinski definition) is 6. The minimum atomic E-state index is -3.79. The van der Waals surface area contributed by atoms with Gasteiger partial charge in [-0.3, -0.25) is 9.69 Å². The van der Waals surface area contributed by atoms with Crippen molar-refractivity contribution in [1.82, 2.24) is 0 Å². The van der Waals surface area contributed by atoms with E-state index in [2.05, 4.69) is 11.8 Å². The summed E-state index contributed by atoms with van der Waals surface area (Å²) in [6, 6.07) is 7.12. The number of anilines is 1. The van der Waals surface area contributed by atoms with E-state index < -0.39 is 32.8 Å². The van der Waals surface area contributed by atoms with Gasteiger partial charge < -0.3 is 9.47 Å². The van der Waals surface area contributed by atoms with E-state index in [9.17, 15) is 18.0 Å². The van der Waals surface area contributed by atoms with E-state index in [4.69, 9.17) is 9.47 Å². The molecule has 7 nitrogen and oxygen atoms in total. The highest BCUT2D eigenvalue weighted by Gasteiger charge is 2.49. The molecule has 1 aromatic rings. The molecule has 1 aliphatic heterocycles. The molecule has 1 aromatic carbocycles. The van der Waals surface area contributed by atoms with Gasteiger partial charge in [-0.25, -0.2) is 13.2 Å². The quantitative estimate of drug-likeness (QED) is 0.532. The third-order valence-electron chi connectivity index (χ3n) is 4.61. The molecule has 2 unspecified atom stereocenters. The summed E-state index contributed by atoms with van der Waals surface area (Å²) in [4.78, 5) is 26.0. The highest BCUT2D eigenvalue weighted by molar-refractivity contribution is 7.92. The number of hydrogen-bond donors (Lipinski definition) is 0. The maximum Gasteiger partial charge on any atom is 0.414 e. The number of rotatable bonds is 6. The first kappa shape index (κ1) is 21.8. The molecule has 28 heavy (non-hydrogen) atoms. The van der Waals surface area contributed by atoms with Crippen LogP contribution < -0.4 is 4.90 Å². The van der Waals surface area contributed by atoms with Crippen LogP contribution >= 0.6 is 0 Å². The van der Waals surface area contributed by atoms with E-state index >= 15 is 0 Å². The van der Waals surface area contributed by atoms with Crippen LogP contribution in [0.4, 0.5) is 10.5 Å². The topological polar surface area (TPSA) is 90.0 Å². The maximum atomic E-state index is 12.3. The van der Waals surface area contributed by atoms with Gasteiger partial charge in [-0.2, -0.15) is 0 Å². The number of cyclic esters (lactones) is 1. The van der Waals surface area contributed by atoms with Crippen molar-refractivity contribution in [3.8, 4) is 11.8 Å². The molecule has 1 amide bonds. The van der Waals surface area contributed by atoms with Gasteiger partial charge in [0, 0.05) is 30.3 Å². The van der Waals surface area contributed by atoms with Crippen molar-refractivity contribution in [2.45, 2.75) is 44.5 Å². The predicted octanol–water partition coefficient (Wildman–Crippen LogP) is 2.53. The van der Waals surface area contributed by atoms with E-state index in [1.165, 1.54) is 11.8 Å². The zero-order valence-electron chi connectivity index (χ0n) is 16.5. The number of carbonyl (C=O) groups is 2. The van der Waals surface area contributed by atoms with Gasteiger partial charge in [0.2, 0.25) is 0 Å². The molecule has 8 heteroatoms. The fourth-order valence-electron chi connectivity index (χ4n) is 2.86. The summed E-state index contributed by atoms with van der Waals surface area (Å²) in [7, 11) is -3.79. The summed E-state index contributed by atoms with van der Waals surface area (Å²) < 4.78 is 33.0. The van der Waals surface area contributed by atoms with Crippen LogP contribution in [0.15, 0.2) is 24.3 Å². The second kappa shape index (κ2) is 8.65. The molecule has 2 rings (SSSR count). The Bertz CT molecular complexity index is 897. The average molecular weight is 407 g/mol. The van der Waals surface area contributed by atoms with Crippen molar-refractivity contribution in [3.05, 3.63) is 29.8 Å². The third-order valence-corrected chi connectivity index (χ3v) is 6.58. The number of nitrogens with zero attached hydrogens (tertiary/aromatic N) is 1.